The van der Waals surface area contributed by atoms with Gasteiger partial charge >= 0.3 is 0 Å². The zero-order chi connectivity index (χ0) is 24.3. The molecule has 0 saturated heterocycles. The molecule has 0 aliphatic rings. The van der Waals surface area contributed by atoms with Gasteiger partial charge in [0.2, 0.25) is 0 Å². The minimum Gasteiger partial charge on any atom is -0.333 e. The second-order valence-corrected chi connectivity index (χ2v) is 10.7. The Labute approximate surface area is 228 Å². The van der Waals surface area contributed by atoms with Crippen LogP contribution in [0.15, 0.2) is 72.8 Å². The number of fused-ring (bicyclic) bond motifs is 4. The first-order chi connectivity index (χ1) is 16.9. The third-order valence-corrected chi connectivity index (χ3v) is 7.93. The molecule has 6 rings (SSSR count). The zero-order valence-corrected chi connectivity index (χ0v) is 23.8. The van der Waals surface area contributed by atoms with Crippen LogP contribution in [0.4, 0.5) is 4.39 Å². The summed E-state index contributed by atoms with van der Waals surface area (Å²) >= 11 is 1.61. The molecule has 0 unspecified atom stereocenters. The Morgan fingerprint density at radius 1 is 0.861 bits per heavy atom. The number of halogens is 1. The Morgan fingerprint density at radius 2 is 1.58 bits per heavy atom. The number of imidazole rings is 1. The molecule has 36 heavy (non-hydrogen) atoms. The van der Waals surface area contributed by atoms with Crippen molar-refractivity contribution < 1.29 is 24.5 Å². The quantitative estimate of drug-likeness (QED) is 0.171. The van der Waals surface area contributed by atoms with Gasteiger partial charge in [-0.1, -0.05) is 75.0 Å². The van der Waals surface area contributed by atoms with Crippen LogP contribution in [0, 0.1) is 11.9 Å². The third kappa shape index (κ3) is 3.91. The number of aromatic nitrogens is 2. The summed E-state index contributed by atoms with van der Waals surface area (Å²) in [4.78, 5) is 5.16. The second-order valence-electron chi connectivity index (χ2n) is 9.69. The Balaban J connectivity index is 0.00000267. The third-order valence-electron chi connectivity index (χ3n) is 6.75. The van der Waals surface area contributed by atoms with Gasteiger partial charge < -0.3 is 4.57 Å². The van der Waals surface area contributed by atoms with Crippen molar-refractivity contribution in [3.05, 3.63) is 95.8 Å². The first-order valence-corrected chi connectivity index (χ1v) is 12.9. The number of hydrogen-bond acceptors (Lipinski definition) is 2. The molecule has 2 nitrogen and oxygen atoms in total. The van der Waals surface area contributed by atoms with Crippen LogP contribution in [-0.2, 0) is 20.1 Å². The van der Waals surface area contributed by atoms with Gasteiger partial charge in [-0.15, -0.1) is 18.2 Å². The Hall–Kier alpha value is -2.85. The van der Waals surface area contributed by atoms with Crippen LogP contribution >= 0.6 is 11.3 Å². The van der Waals surface area contributed by atoms with Gasteiger partial charge in [0.05, 0.1) is 16.9 Å². The largest absolute Gasteiger partial charge is 0.333 e. The molecule has 0 atom stereocenters. The van der Waals surface area contributed by atoms with Crippen LogP contribution < -0.4 is 0 Å². The molecule has 1 radical (unpaired) electrons. The van der Waals surface area contributed by atoms with Crippen LogP contribution in [0.2, 0.25) is 0 Å². The summed E-state index contributed by atoms with van der Waals surface area (Å²) in [5.41, 5.74) is 6.79. The van der Waals surface area contributed by atoms with Crippen molar-refractivity contribution in [3.63, 3.8) is 0 Å². The fourth-order valence-corrected chi connectivity index (χ4v) is 6.29. The molecule has 2 heterocycles. The fourth-order valence-electron chi connectivity index (χ4n) is 5.07. The van der Waals surface area contributed by atoms with Gasteiger partial charge in [0.15, 0.2) is 0 Å². The number of nitrogens with zero attached hydrogens (tertiary/aromatic N) is 2. The van der Waals surface area contributed by atoms with E-state index in [-0.39, 0.29) is 25.9 Å². The van der Waals surface area contributed by atoms with E-state index in [1.807, 2.05) is 18.2 Å². The van der Waals surface area contributed by atoms with Crippen LogP contribution in [0.25, 0.3) is 48.3 Å². The summed E-state index contributed by atoms with van der Waals surface area (Å²) in [6.07, 6.45) is 0. The van der Waals surface area contributed by atoms with E-state index in [2.05, 4.69) is 80.8 Å². The van der Waals surface area contributed by atoms with Gasteiger partial charge in [-0.2, -0.15) is 11.3 Å². The molecule has 0 N–H and O–H groups in total. The molecular weight excluding hydrogens is 644 g/mol. The number of rotatable bonds is 4. The van der Waals surface area contributed by atoms with E-state index in [0.29, 0.717) is 11.8 Å². The maximum atomic E-state index is 14.0. The summed E-state index contributed by atoms with van der Waals surface area (Å²) < 4.78 is 18.4. The van der Waals surface area contributed by atoms with Crippen LogP contribution in [0.5, 0.6) is 0 Å². The van der Waals surface area contributed by atoms with Crippen LogP contribution in [-0.4, -0.2) is 9.55 Å². The van der Waals surface area contributed by atoms with Gasteiger partial charge in [-0.3, -0.25) is 4.98 Å². The maximum absolute atomic E-state index is 14.0. The van der Waals surface area contributed by atoms with Crippen molar-refractivity contribution in [3.8, 4) is 17.1 Å². The minimum atomic E-state index is -0.214. The summed E-state index contributed by atoms with van der Waals surface area (Å²) in [7, 11) is 0. The Bertz CT molecular complexity index is 1700. The molecule has 5 heteroatoms. The van der Waals surface area contributed by atoms with Gasteiger partial charge in [-0.25, -0.2) is 4.39 Å². The number of benzene rings is 4. The molecule has 6 aromatic rings. The number of hydrogen-bond donors (Lipinski definition) is 0. The predicted octanol–water partition coefficient (Wildman–Crippen LogP) is 9.24. The maximum Gasteiger partial charge on any atom is 0.124 e. The average molecular weight is 670 g/mol. The number of para-hydroxylation sites is 3. The van der Waals surface area contributed by atoms with Crippen molar-refractivity contribution in [2.24, 2.45) is 0 Å². The molecule has 0 spiro atoms. The molecule has 4 aromatic carbocycles. The van der Waals surface area contributed by atoms with Gasteiger partial charge in [0, 0.05) is 30.5 Å². The van der Waals surface area contributed by atoms with E-state index in [1.54, 1.807) is 17.4 Å². The standard InChI is InChI=1S/C31H26FN2S.Ir/c1-18(2)21-9-7-10-22(19(3)4)29(21)34-27-14-6-5-13-26(27)33-31(34)25-12-8-11-24-23-16-15-20(32)17-28(23)35-30(24)25;/h5-11,13-19H,1-4H3;/q-1;. The number of thiophene rings is 1. The molecule has 183 valence electrons. The van der Waals surface area contributed by atoms with Crippen molar-refractivity contribution in [1.29, 1.82) is 0 Å². The molecule has 0 aliphatic heterocycles. The predicted molar refractivity (Wildman–Crippen MR) is 146 cm³/mol. The normalized spacial score (nSPS) is 11.8. The first kappa shape index (κ1) is 24.8. The zero-order valence-electron chi connectivity index (χ0n) is 20.6. The van der Waals surface area contributed by atoms with E-state index in [9.17, 15) is 4.39 Å². The van der Waals surface area contributed by atoms with Gasteiger partial charge in [-0.05, 0) is 57.3 Å². The second kappa shape index (κ2) is 9.55. The first-order valence-electron chi connectivity index (χ1n) is 12.1. The smallest absolute Gasteiger partial charge is 0.124 e. The molecular formula is C31H26FIrN2S-. The van der Waals surface area contributed by atoms with E-state index < -0.39 is 0 Å². The van der Waals surface area contributed by atoms with Gasteiger partial charge in [0.25, 0.3) is 0 Å². The van der Waals surface area contributed by atoms with Crippen LogP contribution in [0.3, 0.4) is 0 Å². The van der Waals surface area contributed by atoms with Crippen molar-refractivity contribution in [2.75, 3.05) is 0 Å². The Morgan fingerprint density at radius 3 is 2.31 bits per heavy atom. The summed E-state index contributed by atoms with van der Waals surface area (Å²) in [6, 6.07) is 27.5. The fraction of sp³-hybridized carbons (Fsp3) is 0.194. The Kier molecular flexibility index (Phi) is 6.59. The topological polar surface area (TPSA) is 17.8 Å². The summed E-state index contributed by atoms with van der Waals surface area (Å²) in [6.45, 7) is 8.98. The average Bonchev–Trinajstić information content (AvgIpc) is 3.41. The molecule has 0 bridgehead atoms. The molecule has 0 aliphatic carbocycles. The van der Waals surface area contributed by atoms with E-state index in [1.165, 1.54) is 22.9 Å². The van der Waals surface area contributed by atoms with E-state index >= 15 is 0 Å². The van der Waals surface area contributed by atoms with Crippen molar-refractivity contribution in [2.45, 2.75) is 39.5 Å². The van der Waals surface area contributed by atoms with Crippen molar-refractivity contribution >= 4 is 42.5 Å². The van der Waals surface area contributed by atoms with Gasteiger partial charge in [0.1, 0.15) is 5.82 Å². The summed E-state index contributed by atoms with van der Waals surface area (Å²) in [5, 5.41) is 2.17. The summed E-state index contributed by atoms with van der Waals surface area (Å²) in [5.74, 6) is 1.36. The SMILES string of the molecule is CC(C)c1cccc(C(C)C)c1-n1c(-c2[c-]ccc3c2sc2cc(F)ccc23)nc2ccccc21.[Ir]. The van der Waals surface area contributed by atoms with Crippen molar-refractivity contribution in [1.82, 2.24) is 9.55 Å². The molecule has 0 saturated carbocycles. The molecule has 2 aromatic heterocycles. The molecule has 0 fully saturated rings. The molecule has 0 amide bonds. The van der Waals surface area contributed by atoms with E-state index in [0.717, 1.165) is 42.6 Å². The minimum absolute atomic E-state index is 0. The van der Waals surface area contributed by atoms with Crippen LogP contribution in [0.1, 0.15) is 50.7 Å². The van der Waals surface area contributed by atoms with E-state index in [4.69, 9.17) is 4.98 Å². The monoisotopic (exact) mass is 670 g/mol.